The summed E-state index contributed by atoms with van der Waals surface area (Å²) in [4.78, 5) is 0. The molecule has 4 rings (SSSR count). The fraction of sp³-hybridized carbons (Fsp3) is 0.714. The molecule has 0 nitrogen and oxygen atoms in total. The van der Waals surface area contributed by atoms with Crippen LogP contribution >= 0.6 is 0 Å². The van der Waals surface area contributed by atoms with E-state index in [9.17, 15) is 22.0 Å². The van der Waals surface area contributed by atoms with Crippen LogP contribution in [0.4, 0.5) is 22.0 Å². The fourth-order valence-electron chi connectivity index (χ4n) is 6.85. The molecule has 0 aromatic heterocycles. The van der Waals surface area contributed by atoms with Gasteiger partial charge in [-0.1, -0.05) is 25.7 Å². The van der Waals surface area contributed by atoms with E-state index in [0.29, 0.717) is 11.5 Å². The fourth-order valence-corrected chi connectivity index (χ4v) is 6.85. The molecule has 0 unspecified atom stereocenters. The molecule has 0 radical (unpaired) electrons. The van der Waals surface area contributed by atoms with E-state index in [1.54, 1.807) is 5.92 Å². The van der Waals surface area contributed by atoms with E-state index < -0.39 is 23.4 Å². The van der Waals surface area contributed by atoms with Gasteiger partial charge in [-0.2, -0.15) is 13.2 Å². The normalized spacial score (nSPS) is 33.3. The number of halogens is 5. The highest BCUT2D eigenvalue weighted by atomic mass is 19.4. The van der Waals surface area contributed by atoms with Crippen molar-refractivity contribution in [3.8, 4) is 11.8 Å². The summed E-state index contributed by atoms with van der Waals surface area (Å²) in [6.45, 7) is 2.38. The van der Waals surface area contributed by atoms with Gasteiger partial charge in [0.1, 0.15) is 11.6 Å². The number of hydrogen-bond donors (Lipinski definition) is 0. The molecule has 182 valence electrons. The third kappa shape index (κ3) is 6.31. The van der Waals surface area contributed by atoms with E-state index in [2.05, 4.69) is 6.92 Å². The average Bonchev–Trinajstić information content (AvgIpc) is 2.78. The van der Waals surface area contributed by atoms with Crippen LogP contribution in [0.15, 0.2) is 12.1 Å². The van der Waals surface area contributed by atoms with Crippen molar-refractivity contribution in [1.29, 1.82) is 0 Å². The predicted octanol–water partition coefficient (Wildman–Crippen LogP) is 8.79. The van der Waals surface area contributed by atoms with Crippen LogP contribution in [0, 0.1) is 53.1 Å². The van der Waals surface area contributed by atoms with E-state index in [-0.39, 0.29) is 5.92 Å². The van der Waals surface area contributed by atoms with Crippen LogP contribution in [0.5, 0.6) is 0 Å². The summed E-state index contributed by atoms with van der Waals surface area (Å²) in [6.07, 6.45) is 10.1. The van der Waals surface area contributed by atoms with Crippen molar-refractivity contribution in [2.24, 2.45) is 29.6 Å². The summed E-state index contributed by atoms with van der Waals surface area (Å²) in [5.41, 5.74) is -0.245. The highest BCUT2D eigenvalue weighted by Crippen LogP contribution is 2.47. The zero-order valence-corrected chi connectivity index (χ0v) is 19.5. The third-order valence-electron chi connectivity index (χ3n) is 8.85. The van der Waals surface area contributed by atoms with Crippen LogP contribution in [0.25, 0.3) is 0 Å². The van der Waals surface area contributed by atoms with Crippen LogP contribution in [-0.4, -0.2) is 6.18 Å². The molecule has 5 heteroatoms. The smallest absolute Gasteiger partial charge is 0.206 e. The molecule has 3 saturated carbocycles. The molecule has 0 amide bonds. The first-order valence-corrected chi connectivity index (χ1v) is 12.8. The van der Waals surface area contributed by atoms with Gasteiger partial charge in [-0.3, -0.25) is 0 Å². The summed E-state index contributed by atoms with van der Waals surface area (Å²) in [6, 6.07) is 2.37. The van der Waals surface area contributed by atoms with Gasteiger partial charge in [0.2, 0.25) is 0 Å². The lowest BCUT2D eigenvalue weighted by Crippen LogP contribution is -2.29. The Morgan fingerprint density at radius 2 is 1.06 bits per heavy atom. The van der Waals surface area contributed by atoms with Gasteiger partial charge in [-0.15, -0.1) is 0 Å². The second kappa shape index (κ2) is 10.4. The Bertz CT molecular complexity index is 829. The quantitative estimate of drug-likeness (QED) is 0.308. The van der Waals surface area contributed by atoms with Gasteiger partial charge in [0, 0.05) is 5.92 Å². The highest BCUT2D eigenvalue weighted by Gasteiger charge is 2.34. The second-order valence-corrected chi connectivity index (χ2v) is 10.9. The lowest BCUT2D eigenvalue weighted by atomic mass is 9.65. The average molecular weight is 467 g/mol. The van der Waals surface area contributed by atoms with Crippen LogP contribution < -0.4 is 0 Å². The Morgan fingerprint density at radius 1 is 0.667 bits per heavy atom. The summed E-state index contributed by atoms with van der Waals surface area (Å²) in [5, 5.41) is 0. The van der Waals surface area contributed by atoms with E-state index in [1.165, 1.54) is 63.5 Å². The molecule has 0 spiro atoms. The Morgan fingerprint density at radius 3 is 1.48 bits per heavy atom. The zero-order chi connectivity index (χ0) is 23.6. The van der Waals surface area contributed by atoms with Crippen LogP contribution in [0.2, 0.25) is 0 Å². The Balaban J connectivity index is 1.29. The topological polar surface area (TPSA) is 0 Å². The number of rotatable bonds is 3. The van der Waals surface area contributed by atoms with Gasteiger partial charge in [-0.05, 0) is 117 Å². The largest absolute Gasteiger partial charge is 0.458 e. The molecule has 0 heterocycles. The van der Waals surface area contributed by atoms with Gasteiger partial charge in [-0.25, -0.2) is 8.78 Å². The van der Waals surface area contributed by atoms with Crippen LogP contribution in [0.1, 0.15) is 101 Å². The molecule has 1 aromatic rings. The zero-order valence-electron chi connectivity index (χ0n) is 19.5. The van der Waals surface area contributed by atoms with E-state index in [0.717, 1.165) is 55.3 Å². The molecule has 33 heavy (non-hydrogen) atoms. The van der Waals surface area contributed by atoms with Crippen molar-refractivity contribution in [2.45, 2.75) is 96.1 Å². The standard InChI is InChI=1S/C28H35F5/c1-18-2-4-19(5-3-18)20-6-8-21(9-7-20)22-10-12-23(13-11-22)24-16-26(29)25(27(30)17-24)14-15-28(31,32)33/h16-23H,2-13H2,1H3. The molecular formula is C28H35F5. The van der Waals surface area contributed by atoms with Gasteiger partial charge in [0.05, 0.1) is 5.56 Å². The monoisotopic (exact) mass is 466 g/mol. The maximum absolute atomic E-state index is 14.3. The predicted molar refractivity (Wildman–Crippen MR) is 121 cm³/mol. The SMILES string of the molecule is CC1CCC(C2CCC(C3CCC(c4cc(F)c(C#CC(F)(F)F)c(F)c4)CC3)CC2)CC1. The molecule has 0 N–H and O–H groups in total. The first kappa shape index (κ1) is 24.6. The van der Waals surface area contributed by atoms with Crippen molar-refractivity contribution >= 4 is 0 Å². The molecule has 0 saturated heterocycles. The molecule has 3 fully saturated rings. The van der Waals surface area contributed by atoms with Crippen molar-refractivity contribution < 1.29 is 22.0 Å². The maximum atomic E-state index is 14.3. The first-order valence-electron chi connectivity index (χ1n) is 12.8. The molecule has 3 aliphatic rings. The summed E-state index contributed by atoms with van der Waals surface area (Å²) in [7, 11) is 0. The highest BCUT2D eigenvalue weighted by molar-refractivity contribution is 5.40. The molecule has 0 bridgehead atoms. The second-order valence-electron chi connectivity index (χ2n) is 10.9. The van der Waals surface area contributed by atoms with Crippen LogP contribution in [-0.2, 0) is 0 Å². The van der Waals surface area contributed by atoms with Gasteiger partial charge >= 0.3 is 6.18 Å². The minimum absolute atomic E-state index is 0.0652. The van der Waals surface area contributed by atoms with E-state index >= 15 is 0 Å². The summed E-state index contributed by atoms with van der Waals surface area (Å²) < 4.78 is 65.5. The molecule has 0 aliphatic heterocycles. The minimum Gasteiger partial charge on any atom is -0.206 e. The maximum Gasteiger partial charge on any atom is 0.458 e. The van der Waals surface area contributed by atoms with Gasteiger partial charge in [0.25, 0.3) is 0 Å². The van der Waals surface area contributed by atoms with Crippen molar-refractivity contribution in [3.05, 3.63) is 34.9 Å². The van der Waals surface area contributed by atoms with Gasteiger partial charge < -0.3 is 0 Å². The number of benzene rings is 1. The Kier molecular flexibility index (Phi) is 7.71. The van der Waals surface area contributed by atoms with E-state index in [4.69, 9.17) is 0 Å². The molecular weight excluding hydrogens is 431 g/mol. The third-order valence-corrected chi connectivity index (χ3v) is 8.85. The van der Waals surface area contributed by atoms with Gasteiger partial charge in [0.15, 0.2) is 0 Å². The molecule has 1 aromatic carbocycles. The van der Waals surface area contributed by atoms with Crippen LogP contribution in [0.3, 0.4) is 0 Å². The van der Waals surface area contributed by atoms with Crippen molar-refractivity contribution in [1.82, 2.24) is 0 Å². The Hall–Kier alpha value is -1.57. The lowest BCUT2D eigenvalue weighted by molar-refractivity contribution is -0.0696. The molecule has 3 aliphatic carbocycles. The summed E-state index contributed by atoms with van der Waals surface area (Å²) in [5.74, 6) is 4.85. The minimum atomic E-state index is -4.77. The Labute approximate surface area is 194 Å². The first-order chi connectivity index (χ1) is 15.7. The number of alkyl halides is 3. The van der Waals surface area contributed by atoms with Crippen molar-refractivity contribution in [2.75, 3.05) is 0 Å². The number of hydrogen-bond acceptors (Lipinski definition) is 0. The lowest BCUT2D eigenvalue weighted by Gasteiger charge is -2.41. The molecule has 0 atom stereocenters. The van der Waals surface area contributed by atoms with E-state index in [1.807, 2.05) is 0 Å². The van der Waals surface area contributed by atoms with Crippen molar-refractivity contribution in [3.63, 3.8) is 0 Å². The summed E-state index contributed by atoms with van der Waals surface area (Å²) >= 11 is 0.